The van der Waals surface area contributed by atoms with E-state index in [1.165, 1.54) is 7.11 Å². The van der Waals surface area contributed by atoms with E-state index in [0.29, 0.717) is 6.61 Å². The van der Waals surface area contributed by atoms with Crippen LogP contribution >= 0.6 is 0 Å². The molecule has 0 radical (unpaired) electrons. The van der Waals surface area contributed by atoms with Crippen molar-refractivity contribution in [2.75, 3.05) is 13.7 Å². The second-order valence-corrected chi connectivity index (χ2v) is 2.26. The van der Waals surface area contributed by atoms with Crippen molar-refractivity contribution in [2.24, 2.45) is 0 Å². The molecule has 0 saturated carbocycles. The zero-order chi connectivity index (χ0) is 8.65. The van der Waals surface area contributed by atoms with Gasteiger partial charge in [-0.1, -0.05) is 42.5 Å². The lowest BCUT2D eigenvalue weighted by Crippen LogP contribution is -1.86. The van der Waals surface area contributed by atoms with Gasteiger partial charge in [-0.3, -0.25) is 0 Å². The lowest BCUT2D eigenvalue weighted by Gasteiger charge is -1.93. The van der Waals surface area contributed by atoms with E-state index in [4.69, 9.17) is 0 Å². The average Bonchev–Trinajstić information content (AvgIpc) is 2.14. The maximum atomic E-state index is 4.67. The van der Waals surface area contributed by atoms with Crippen molar-refractivity contribution in [3.63, 3.8) is 0 Å². The first-order valence-electron chi connectivity index (χ1n) is 3.80. The topological polar surface area (TPSA) is 18.5 Å². The fourth-order valence-electron chi connectivity index (χ4n) is 0.856. The van der Waals surface area contributed by atoms with Crippen LogP contribution in [0.5, 0.6) is 0 Å². The Hall–Kier alpha value is -1.12. The molecule has 0 fully saturated rings. The molecular weight excluding hydrogens is 152 g/mol. The molecule has 12 heavy (non-hydrogen) atoms. The summed E-state index contributed by atoms with van der Waals surface area (Å²) in [5, 5.41) is 0. The Balaban J connectivity index is 2.36. The first-order chi connectivity index (χ1) is 5.93. The molecule has 0 heterocycles. The van der Waals surface area contributed by atoms with Gasteiger partial charge in [0, 0.05) is 0 Å². The number of rotatable bonds is 4. The molecule has 2 heteroatoms. The first kappa shape index (κ1) is 8.97. The van der Waals surface area contributed by atoms with E-state index in [1.807, 2.05) is 42.5 Å². The van der Waals surface area contributed by atoms with Gasteiger partial charge in [0.05, 0.1) is 7.11 Å². The Morgan fingerprint density at radius 1 is 1.25 bits per heavy atom. The van der Waals surface area contributed by atoms with Gasteiger partial charge in [0.2, 0.25) is 0 Å². The molecule has 0 aliphatic rings. The molecule has 0 saturated heterocycles. The number of hydrogen-bond acceptors (Lipinski definition) is 2. The minimum atomic E-state index is 0.478. The van der Waals surface area contributed by atoms with E-state index in [-0.39, 0.29) is 0 Å². The minimum absolute atomic E-state index is 0.478. The average molecular weight is 164 g/mol. The largest absolute Gasteiger partial charge is 0.240 e. The second kappa shape index (κ2) is 5.52. The minimum Gasteiger partial charge on any atom is -0.240 e. The van der Waals surface area contributed by atoms with E-state index in [2.05, 4.69) is 9.78 Å². The van der Waals surface area contributed by atoms with E-state index in [1.54, 1.807) is 0 Å². The third-order valence-electron chi connectivity index (χ3n) is 1.39. The molecule has 0 aliphatic carbocycles. The van der Waals surface area contributed by atoms with E-state index < -0.39 is 0 Å². The van der Waals surface area contributed by atoms with Crippen LogP contribution < -0.4 is 0 Å². The zero-order valence-corrected chi connectivity index (χ0v) is 7.07. The summed E-state index contributed by atoms with van der Waals surface area (Å²) in [5.41, 5.74) is 1.16. The predicted octanol–water partition coefficient (Wildman–Crippen LogP) is 2.28. The summed E-state index contributed by atoms with van der Waals surface area (Å²) >= 11 is 0. The van der Waals surface area contributed by atoms with Gasteiger partial charge >= 0.3 is 0 Å². The van der Waals surface area contributed by atoms with Gasteiger partial charge in [0.1, 0.15) is 6.61 Å². The van der Waals surface area contributed by atoms with Crippen LogP contribution in [-0.4, -0.2) is 13.7 Å². The van der Waals surface area contributed by atoms with Crippen molar-refractivity contribution in [2.45, 2.75) is 0 Å². The van der Waals surface area contributed by atoms with E-state index in [9.17, 15) is 0 Å². The third kappa shape index (κ3) is 3.32. The van der Waals surface area contributed by atoms with Gasteiger partial charge < -0.3 is 0 Å². The summed E-state index contributed by atoms with van der Waals surface area (Å²) in [6.45, 7) is 0.478. The molecule has 0 unspecified atom stereocenters. The third-order valence-corrected chi connectivity index (χ3v) is 1.39. The Morgan fingerprint density at radius 2 is 2.00 bits per heavy atom. The fourth-order valence-corrected chi connectivity index (χ4v) is 0.856. The molecule has 0 atom stereocenters. The summed E-state index contributed by atoms with van der Waals surface area (Å²) < 4.78 is 0. The highest BCUT2D eigenvalue weighted by molar-refractivity contribution is 5.48. The summed E-state index contributed by atoms with van der Waals surface area (Å²) in [4.78, 5) is 9.10. The van der Waals surface area contributed by atoms with Gasteiger partial charge in [-0.15, -0.1) is 0 Å². The molecule has 0 aliphatic heterocycles. The maximum Gasteiger partial charge on any atom is 0.101 e. The highest BCUT2D eigenvalue weighted by atomic mass is 17.2. The van der Waals surface area contributed by atoms with Crippen molar-refractivity contribution in [3.8, 4) is 0 Å². The normalized spacial score (nSPS) is 10.8. The van der Waals surface area contributed by atoms with Gasteiger partial charge in [-0.2, -0.15) is 0 Å². The zero-order valence-electron chi connectivity index (χ0n) is 7.07. The van der Waals surface area contributed by atoms with Crippen LogP contribution in [0.15, 0.2) is 36.4 Å². The van der Waals surface area contributed by atoms with Crippen LogP contribution in [0.2, 0.25) is 0 Å². The summed E-state index contributed by atoms with van der Waals surface area (Å²) in [7, 11) is 1.50. The predicted molar refractivity (Wildman–Crippen MR) is 48.4 cm³/mol. The maximum absolute atomic E-state index is 4.67. The summed E-state index contributed by atoms with van der Waals surface area (Å²) in [5.74, 6) is 0. The Labute approximate surface area is 72.4 Å². The van der Waals surface area contributed by atoms with Crippen molar-refractivity contribution < 1.29 is 9.78 Å². The second-order valence-electron chi connectivity index (χ2n) is 2.26. The van der Waals surface area contributed by atoms with Gasteiger partial charge in [-0.25, -0.2) is 9.78 Å². The molecule has 0 spiro atoms. The highest BCUT2D eigenvalue weighted by Crippen LogP contribution is 2.00. The molecule has 1 rings (SSSR count). The molecule has 2 nitrogen and oxygen atoms in total. The molecule has 0 bridgehead atoms. The van der Waals surface area contributed by atoms with Crippen LogP contribution in [0.3, 0.4) is 0 Å². The SMILES string of the molecule is COOCC=Cc1ccccc1. The molecule has 0 amide bonds. The van der Waals surface area contributed by atoms with Gasteiger partial charge in [0.15, 0.2) is 0 Å². The molecule has 0 N–H and O–H groups in total. The number of hydrogen-bond donors (Lipinski definition) is 0. The quantitative estimate of drug-likeness (QED) is 0.386. The smallest absolute Gasteiger partial charge is 0.101 e. The van der Waals surface area contributed by atoms with Crippen LogP contribution in [-0.2, 0) is 9.78 Å². The lowest BCUT2D eigenvalue weighted by molar-refractivity contribution is -0.263. The molecule has 64 valence electrons. The van der Waals surface area contributed by atoms with Crippen molar-refractivity contribution in [3.05, 3.63) is 42.0 Å². The van der Waals surface area contributed by atoms with Gasteiger partial charge in [0.25, 0.3) is 0 Å². The lowest BCUT2D eigenvalue weighted by atomic mass is 10.2. The molecule has 1 aromatic carbocycles. The van der Waals surface area contributed by atoms with E-state index in [0.717, 1.165) is 5.56 Å². The summed E-state index contributed by atoms with van der Waals surface area (Å²) in [6, 6.07) is 10.0. The van der Waals surface area contributed by atoms with Crippen LogP contribution in [0.4, 0.5) is 0 Å². The van der Waals surface area contributed by atoms with Gasteiger partial charge in [-0.05, 0) is 5.56 Å². The summed E-state index contributed by atoms with van der Waals surface area (Å²) in [6.07, 6.45) is 3.89. The fraction of sp³-hybridized carbons (Fsp3) is 0.200. The Morgan fingerprint density at radius 3 is 2.67 bits per heavy atom. The monoisotopic (exact) mass is 164 g/mol. The van der Waals surface area contributed by atoms with E-state index >= 15 is 0 Å². The highest BCUT2D eigenvalue weighted by Gasteiger charge is 1.81. The van der Waals surface area contributed by atoms with Crippen molar-refractivity contribution in [1.82, 2.24) is 0 Å². The Bertz CT molecular complexity index is 229. The van der Waals surface area contributed by atoms with Crippen molar-refractivity contribution in [1.29, 1.82) is 0 Å². The molecule has 0 aromatic heterocycles. The Kier molecular flexibility index (Phi) is 4.13. The first-order valence-corrected chi connectivity index (χ1v) is 3.80. The van der Waals surface area contributed by atoms with Crippen molar-refractivity contribution >= 4 is 6.08 Å². The van der Waals surface area contributed by atoms with Crippen LogP contribution in [0, 0.1) is 0 Å². The van der Waals surface area contributed by atoms with Crippen LogP contribution in [0.25, 0.3) is 6.08 Å². The molecular formula is C10H12O2. The number of benzene rings is 1. The standard InChI is InChI=1S/C10H12O2/c1-11-12-9-5-8-10-6-3-2-4-7-10/h2-8H,9H2,1H3. The molecule has 1 aromatic rings. The van der Waals surface area contributed by atoms with Crippen LogP contribution in [0.1, 0.15) is 5.56 Å².